The summed E-state index contributed by atoms with van der Waals surface area (Å²) in [5, 5.41) is 10.3. The molecule has 0 aliphatic rings. The summed E-state index contributed by atoms with van der Waals surface area (Å²) in [6, 6.07) is 3.97. The highest BCUT2D eigenvalue weighted by atomic mass is 16.1. The van der Waals surface area contributed by atoms with Gasteiger partial charge in [-0.2, -0.15) is 5.10 Å². The predicted octanol–water partition coefficient (Wildman–Crippen LogP) is 1.98. The number of nitrogens with one attached hydrogen (secondary N) is 2. The lowest BCUT2D eigenvalue weighted by Gasteiger charge is -2.05. The molecule has 112 valence electrons. The van der Waals surface area contributed by atoms with Crippen molar-refractivity contribution in [3.8, 4) is 0 Å². The molecule has 0 aliphatic heterocycles. The van der Waals surface area contributed by atoms with Crippen LogP contribution in [0.3, 0.4) is 0 Å². The third kappa shape index (κ3) is 5.00. The van der Waals surface area contributed by atoms with Crippen molar-refractivity contribution < 1.29 is 4.79 Å². The van der Waals surface area contributed by atoms with Gasteiger partial charge in [0, 0.05) is 43.5 Å². The van der Waals surface area contributed by atoms with Gasteiger partial charge in [-0.15, -0.1) is 0 Å². The number of pyridine rings is 1. The van der Waals surface area contributed by atoms with E-state index >= 15 is 0 Å². The lowest BCUT2D eigenvalue weighted by Crippen LogP contribution is -2.21. The number of nitrogens with zero attached hydrogens (tertiary/aromatic N) is 3. The average Bonchev–Trinajstić information content (AvgIpc) is 2.94. The van der Waals surface area contributed by atoms with Crippen molar-refractivity contribution in [2.75, 3.05) is 11.9 Å². The van der Waals surface area contributed by atoms with Gasteiger partial charge in [0.15, 0.2) is 0 Å². The van der Waals surface area contributed by atoms with Gasteiger partial charge in [-0.3, -0.25) is 14.5 Å². The van der Waals surface area contributed by atoms with Crippen LogP contribution in [0.25, 0.3) is 0 Å². The number of carbonyl (C=O) groups is 1. The third-order valence-corrected chi connectivity index (χ3v) is 2.99. The summed E-state index contributed by atoms with van der Waals surface area (Å²) in [5.41, 5.74) is 1.84. The van der Waals surface area contributed by atoms with E-state index in [4.69, 9.17) is 0 Å². The summed E-state index contributed by atoms with van der Waals surface area (Å²) in [6.07, 6.45) is 7.60. The summed E-state index contributed by atoms with van der Waals surface area (Å²) >= 11 is 0. The Kier molecular flexibility index (Phi) is 5.45. The standard InChI is InChI=1S/C15H21N5O/c1-12(2)20-11-13(9-18-20)8-17-7-5-15(21)19-14-4-3-6-16-10-14/h3-4,6,9-12,17H,5,7-8H2,1-2H3,(H,19,21). The first-order valence-electron chi connectivity index (χ1n) is 7.09. The van der Waals surface area contributed by atoms with Gasteiger partial charge >= 0.3 is 0 Å². The maximum Gasteiger partial charge on any atom is 0.225 e. The van der Waals surface area contributed by atoms with E-state index in [0.29, 0.717) is 25.6 Å². The number of hydrogen-bond donors (Lipinski definition) is 2. The molecule has 0 atom stereocenters. The zero-order chi connectivity index (χ0) is 15.1. The molecular formula is C15H21N5O. The van der Waals surface area contributed by atoms with E-state index < -0.39 is 0 Å². The molecule has 2 N–H and O–H groups in total. The fourth-order valence-corrected chi connectivity index (χ4v) is 1.85. The molecule has 21 heavy (non-hydrogen) atoms. The first-order chi connectivity index (χ1) is 10.1. The number of anilines is 1. The van der Waals surface area contributed by atoms with E-state index in [9.17, 15) is 4.79 Å². The Labute approximate surface area is 124 Å². The van der Waals surface area contributed by atoms with Gasteiger partial charge in [-0.25, -0.2) is 0 Å². The predicted molar refractivity (Wildman–Crippen MR) is 81.8 cm³/mol. The maximum absolute atomic E-state index is 11.7. The van der Waals surface area contributed by atoms with Gasteiger partial charge in [0.2, 0.25) is 5.91 Å². The highest BCUT2D eigenvalue weighted by molar-refractivity contribution is 5.90. The van der Waals surface area contributed by atoms with Crippen LogP contribution in [-0.2, 0) is 11.3 Å². The van der Waals surface area contributed by atoms with Crippen molar-refractivity contribution in [3.63, 3.8) is 0 Å². The summed E-state index contributed by atoms with van der Waals surface area (Å²) < 4.78 is 1.92. The molecule has 6 nitrogen and oxygen atoms in total. The molecule has 1 amide bonds. The number of hydrogen-bond acceptors (Lipinski definition) is 4. The molecule has 0 saturated carbocycles. The van der Waals surface area contributed by atoms with Crippen LogP contribution in [0.1, 0.15) is 31.9 Å². The second-order valence-electron chi connectivity index (χ2n) is 5.14. The van der Waals surface area contributed by atoms with Crippen molar-refractivity contribution >= 4 is 11.6 Å². The van der Waals surface area contributed by atoms with E-state index in [1.54, 1.807) is 18.5 Å². The Morgan fingerprint density at radius 1 is 1.38 bits per heavy atom. The van der Waals surface area contributed by atoms with Crippen molar-refractivity contribution in [2.24, 2.45) is 0 Å². The molecule has 2 rings (SSSR count). The van der Waals surface area contributed by atoms with E-state index in [2.05, 4.69) is 34.6 Å². The van der Waals surface area contributed by atoms with E-state index in [0.717, 1.165) is 11.3 Å². The lowest BCUT2D eigenvalue weighted by molar-refractivity contribution is -0.116. The van der Waals surface area contributed by atoms with Crippen LogP contribution in [0, 0.1) is 0 Å². The summed E-state index contributed by atoms with van der Waals surface area (Å²) in [4.78, 5) is 15.7. The largest absolute Gasteiger partial charge is 0.325 e. The van der Waals surface area contributed by atoms with Crippen LogP contribution >= 0.6 is 0 Å². The average molecular weight is 287 g/mol. The van der Waals surface area contributed by atoms with Crippen molar-refractivity contribution in [1.29, 1.82) is 0 Å². The highest BCUT2D eigenvalue weighted by Crippen LogP contribution is 2.05. The first-order valence-corrected chi connectivity index (χ1v) is 7.09. The molecule has 6 heteroatoms. The monoisotopic (exact) mass is 287 g/mol. The van der Waals surface area contributed by atoms with Gasteiger partial charge in [0.05, 0.1) is 18.1 Å². The van der Waals surface area contributed by atoms with E-state index in [1.807, 2.05) is 23.1 Å². The second kappa shape index (κ2) is 7.54. The molecule has 2 heterocycles. The van der Waals surface area contributed by atoms with Crippen LogP contribution in [-0.4, -0.2) is 27.2 Å². The normalized spacial score (nSPS) is 10.8. The molecule has 0 aromatic carbocycles. The number of amides is 1. The molecule has 2 aromatic heterocycles. The molecule has 2 aromatic rings. The zero-order valence-corrected chi connectivity index (χ0v) is 12.4. The van der Waals surface area contributed by atoms with E-state index in [1.165, 1.54) is 0 Å². The van der Waals surface area contributed by atoms with Gasteiger partial charge in [0.1, 0.15) is 0 Å². The topological polar surface area (TPSA) is 71.8 Å². The molecule has 0 spiro atoms. The van der Waals surface area contributed by atoms with Crippen molar-refractivity contribution in [2.45, 2.75) is 32.9 Å². The minimum atomic E-state index is -0.0200. The Hall–Kier alpha value is -2.21. The Morgan fingerprint density at radius 2 is 2.24 bits per heavy atom. The summed E-state index contributed by atoms with van der Waals surface area (Å²) in [7, 11) is 0. The van der Waals surface area contributed by atoms with E-state index in [-0.39, 0.29) is 5.91 Å². The van der Waals surface area contributed by atoms with Gasteiger partial charge in [0.25, 0.3) is 0 Å². The SMILES string of the molecule is CC(C)n1cc(CNCCC(=O)Nc2cccnc2)cn1. The highest BCUT2D eigenvalue weighted by Gasteiger charge is 2.03. The molecule has 0 aliphatic carbocycles. The van der Waals surface area contributed by atoms with Crippen molar-refractivity contribution in [3.05, 3.63) is 42.5 Å². The minimum absolute atomic E-state index is 0.0200. The van der Waals surface area contributed by atoms with Gasteiger partial charge in [-0.1, -0.05) is 0 Å². The third-order valence-electron chi connectivity index (χ3n) is 2.99. The minimum Gasteiger partial charge on any atom is -0.325 e. The van der Waals surface area contributed by atoms with Crippen molar-refractivity contribution in [1.82, 2.24) is 20.1 Å². The fraction of sp³-hybridized carbons (Fsp3) is 0.400. The Bertz CT molecular complexity index is 564. The van der Waals surface area contributed by atoms with Crippen LogP contribution in [0.2, 0.25) is 0 Å². The summed E-state index contributed by atoms with van der Waals surface area (Å²) in [6.45, 7) is 5.52. The number of rotatable bonds is 7. The lowest BCUT2D eigenvalue weighted by atomic mass is 10.3. The fourth-order valence-electron chi connectivity index (χ4n) is 1.85. The molecular weight excluding hydrogens is 266 g/mol. The molecule has 0 unspecified atom stereocenters. The Balaban J connectivity index is 1.66. The molecule has 0 radical (unpaired) electrons. The van der Waals surface area contributed by atoms with Crippen LogP contribution in [0.4, 0.5) is 5.69 Å². The maximum atomic E-state index is 11.7. The second-order valence-corrected chi connectivity index (χ2v) is 5.14. The van der Waals surface area contributed by atoms with Crippen LogP contribution < -0.4 is 10.6 Å². The van der Waals surface area contributed by atoms with Crippen LogP contribution in [0.5, 0.6) is 0 Å². The Morgan fingerprint density at radius 3 is 2.90 bits per heavy atom. The zero-order valence-electron chi connectivity index (χ0n) is 12.4. The van der Waals surface area contributed by atoms with Gasteiger partial charge in [-0.05, 0) is 26.0 Å². The number of aromatic nitrogens is 3. The molecule has 0 fully saturated rings. The smallest absolute Gasteiger partial charge is 0.225 e. The number of carbonyl (C=O) groups excluding carboxylic acids is 1. The van der Waals surface area contributed by atoms with Gasteiger partial charge < -0.3 is 10.6 Å². The van der Waals surface area contributed by atoms with Crippen LogP contribution in [0.15, 0.2) is 36.9 Å². The first kappa shape index (κ1) is 15.2. The summed E-state index contributed by atoms with van der Waals surface area (Å²) in [5.74, 6) is -0.0200. The molecule has 0 bridgehead atoms. The quantitative estimate of drug-likeness (QED) is 0.764. The molecule has 0 saturated heterocycles.